The Morgan fingerprint density at radius 3 is 2.52 bits per heavy atom. The van der Waals surface area contributed by atoms with E-state index in [1.807, 2.05) is 25.1 Å². The van der Waals surface area contributed by atoms with Crippen LogP contribution in [0.1, 0.15) is 11.3 Å². The van der Waals surface area contributed by atoms with Crippen LogP contribution >= 0.6 is 0 Å². The highest BCUT2D eigenvalue weighted by Gasteiger charge is 2.15. The third kappa shape index (κ3) is 3.99. The number of aromatic nitrogens is 2. The van der Waals surface area contributed by atoms with Crippen molar-refractivity contribution in [2.24, 2.45) is 0 Å². The van der Waals surface area contributed by atoms with Gasteiger partial charge in [-0.2, -0.15) is 0 Å². The molecule has 0 spiro atoms. The number of carbonyl (C=O) groups is 1. The Hall–Kier alpha value is -4.47. The summed E-state index contributed by atoms with van der Waals surface area (Å²) in [6.07, 6.45) is 0. The Bertz CT molecular complexity index is 1310. The van der Waals surface area contributed by atoms with Crippen molar-refractivity contribution in [2.45, 2.75) is 13.8 Å². The van der Waals surface area contributed by atoms with Gasteiger partial charge in [0.15, 0.2) is 5.82 Å². The fraction of sp³-hybridized carbons (Fsp3) is 0.0952. The number of hydrogen-bond donors (Lipinski definition) is 3. The van der Waals surface area contributed by atoms with Crippen LogP contribution in [-0.4, -0.2) is 21.1 Å². The average molecular weight is 418 g/mol. The molecule has 10 nitrogen and oxygen atoms in total. The molecule has 0 radical (unpaired) electrons. The van der Waals surface area contributed by atoms with Crippen LogP contribution in [0, 0.1) is 24.0 Å². The first-order valence-corrected chi connectivity index (χ1v) is 9.28. The summed E-state index contributed by atoms with van der Waals surface area (Å²) >= 11 is 0. The van der Waals surface area contributed by atoms with Crippen LogP contribution in [0.25, 0.3) is 22.2 Å². The Balaban J connectivity index is 1.51. The van der Waals surface area contributed by atoms with Crippen molar-refractivity contribution in [2.75, 3.05) is 16.4 Å². The van der Waals surface area contributed by atoms with E-state index in [4.69, 9.17) is 10.3 Å². The molecule has 4 rings (SSSR count). The third-order valence-corrected chi connectivity index (χ3v) is 4.72. The lowest BCUT2D eigenvalue weighted by Crippen LogP contribution is -2.19. The number of nitrogen functional groups attached to an aromatic ring is 1. The molecular weight excluding hydrogens is 400 g/mol. The summed E-state index contributed by atoms with van der Waals surface area (Å²) in [6, 6.07) is 12.9. The second-order valence-electron chi connectivity index (χ2n) is 6.97. The molecular formula is C21H18N6O4. The van der Waals surface area contributed by atoms with Gasteiger partial charge in [0.05, 0.1) is 10.3 Å². The maximum atomic E-state index is 12.3. The minimum Gasteiger partial charge on any atom is -0.380 e. The zero-order valence-electron chi connectivity index (χ0n) is 16.7. The van der Waals surface area contributed by atoms with E-state index < -0.39 is 11.0 Å². The summed E-state index contributed by atoms with van der Waals surface area (Å²) in [6.45, 7) is 3.54. The fourth-order valence-electron chi connectivity index (χ4n) is 3.24. The van der Waals surface area contributed by atoms with Crippen molar-refractivity contribution in [3.05, 3.63) is 69.9 Å². The van der Waals surface area contributed by atoms with E-state index in [1.165, 1.54) is 18.2 Å². The number of nitro groups is 1. The molecule has 0 aliphatic carbocycles. The normalized spacial score (nSPS) is 10.8. The molecule has 31 heavy (non-hydrogen) atoms. The zero-order valence-corrected chi connectivity index (χ0v) is 16.7. The lowest BCUT2D eigenvalue weighted by atomic mass is 10.0. The standard InChI is InChI=1S/C21H18N6O4/c1-11-9-15(27(29)30)7-8-17(11)25-21(28)24-14-5-3-13(4-6-14)16-10-12(2)23-20-18(16)19(22)26-31-20/h3-10H,1-2H3,(H2,22,26)(H2,24,25,28). The molecule has 0 fully saturated rings. The van der Waals surface area contributed by atoms with Gasteiger partial charge >= 0.3 is 6.03 Å². The lowest BCUT2D eigenvalue weighted by molar-refractivity contribution is -0.384. The van der Waals surface area contributed by atoms with E-state index in [9.17, 15) is 14.9 Å². The number of aryl methyl sites for hydroxylation is 2. The van der Waals surface area contributed by atoms with Crippen molar-refractivity contribution >= 4 is 40.0 Å². The van der Waals surface area contributed by atoms with Gasteiger partial charge < -0.3 is 20.9 Å². The second kappa shape index (κ2) is 7.75. The number of urea groups is 1. The molecule has 0 aliphatic heterocycles. The van der Waals surface area contributed by atoms with Gasteiger partial charge in [-0.25, -0.2) is 9.78 Å². The van der Waals surface area contributed by atoms with Crippen LogP contribution in [0.5, 0.6) is 0 Å². The number of nitrogens with zero attached hydrogens (tertiary/aromatic N) is 3. The average Bonchev–Trinajstić information content (AvgIpc) is 3.10. The van der Waals surface area contributed by atoms with Crippen molar-refractivity contribution in [1.82, 2.24) is 10.1 Å². The van der Waals surface area contributed by atoms with Crippen LogP contribution in [0.15, 0.2) is 53.1 Å². The molecule has 0 saturated carbocycles. The number of rotatable bonds is 4. The van der Waals surface area contributed by atoms with Gasteiger partial charge in [-0.3, -0.25) is 10.1 Å². The number of amides is 2. The van der Waals surface area contributed by atoms with E-state index in [2.05, 4.69) is 20.8 Å². The predicted molar refractivity (Wildman–Crippen MR) is 117 cm³/mol. The number of hydrogen-bond acceptors (Lipinski definition) is 7. The molecule has 2 amide bonds. The van der Waals surface area contributed by atoms with Gasteiger partial charge in [-0.05, 0) is 49.2 Å². The molecule has 2 aromatic heterocycles. The maximum Gasteiger partial charge on any atom is 0.323 e. The van der Waals surface area contributed by atoms with Crippen LogP contribution in [0.4, 0.5) is 27.7 Å². The molecule has 0 saturated heterocycles. The highest BCUT2D eigenvalue weighted by Crippen LogP contribution is 2.33. The number of nitro benzene ring substituents is 1. The fourth-order valence-corrected chi connectivity index (χ4v) is 3.24. The minimum atomic E-state index is -0.482. The molecule has 4 N–H and O–H groups in total. The third-order valence-electron chi connectivity index (χ3n) is 4.72. The zero-order chi connectivity index (χ0) is 22.1. The molecule has 0 unspecified atom stereocenters. The summed E-state index contributed by atoms with van der Waals surface area (Å²) in [5, 5.41) is 20.7. The summed E-state index contributed by atoms with van der Waals surface area (Å²) < 4.78 is 5.17. The number of carbonyl (C=O) groups excluding carboxylic acids is 1. The monoisotopic (exact) mass is 418 g/mol. The lowest BCUT2D eigenvalue weighted by Gasteiger charge is -2.11. The number of non-ortho nitro benzene ring substituents is 1. The Kier molecular flexibility index (Phi) is 4.96. The van der Waals surface area contributed by atoms with Gasteiger partial charge in [-0.1, -0.05) is 17.3 Å². The van der Waals surface area contributed by atoms with Crippen LogP contribution in [0.2, 0.25) is 0 Å². The van der Waals surface area contributed by atoms with Crippen molar-refractivity contribution in [3.8, 4) is 11.1 Å². The number of nitrogens with one attached hydrogen (secondary N) is 2. The molecule has 156 valence electrons. The Labute approximate surface area is 176 Å². The Morgan fingerprint density at radius 2 is 1.84 bits per heavy atom. The van der Waals surface area contributed by atoms with Crippen molar-refractivity contribution in [3.63, 3.8) is 0 Å². The summed E-state index contributed by atoms with van der Waals surface area (Å²) in [7, 11) is 0. The maximum absolute atomic E-state index is 12.3. The smallest absolute Gasteiger partial charge is 0.323 e. The SMILES string of the molecule is Cc1cc(-c2ccc(NC(=O)Nc3ccc([N+](=O)[O-])cc3C)cc2)c2c(N)noc2n1. The molecule has 10 heteroatoms. The first-order valence-electron chi connectivity index (χ1n) is 9.28. The number of fused-ring (bicyclic) bond motifs is 1. The van der Waals surface area contributed by atoms with Crippen LogP contribution < -0.4 is 16.4 Å². The van der Waals surface area contributed by atoms with E-state index in [1.54, 1.807) is 19.1 Å². The van der Waals surface area contributed by atoms with Crippen molar-refractivity contribution in [1.29, 1.82) is 0 Å². The largest absolute Gasteiger partial charge is 0.380 e. The first kappa shape index (κ1) is 19.8. The summed E-state index contributed by atoms with van der Waals surface area (Å²) in [5.74, 6) is 0.262. The van der Waals surface area contributed by atoms with Crippen LogP contribution in [-0.2, 0) is 0 Å². The van der Waals surface area contributed by atoms with Gasteiger partial charge in [0.25, 0.3) is 11.4 Å². The number of pyridine rings is 1. The highest BCUT2D eigenvalue weighted by atomic mass is 16.6. The molecule has 0 bridgehead atoms. The van der Waals surface area contributed by atoms with Crippen LogP contribution in [0.3, 0.4) is 0 Å². The first-order chi connectivity index (χ1) is 14.8. The Morgan fingerprint density at radius 1 is 1.10 bits per heavy atom. The topological polar surface area (TPSA) is 149 Å². The number of nitrogens with two attached hydrogens (primary N) is 1. The summed E-state index contributed by atoms with van der Waals surface area (Å²) in [4.78, 5) is 27.0. The van der Waals surface area contributed by atoms with Gasteiger partial charge in [0.2, 0.25) is 0 Å². The second-order valence-corrected chi connectivity index (χ2v) is 6.97. The predicted octanol–water partition coefficient (Wildman–Crippen LogP) is 4.64. The highest BCUT2D eigenvalue weighted by molar-refractivity contribution is 6.01. The van der Waals surface area contributed by atoms with E-state index in [0.29, 0.717) is 28.0 Å². The number of benzene rings is 2. The molecule has 2 aromatic carbocycles. The van der Waals surface area contributed by atoms with Gasteiger partial charge in [0.1, 0.15) is 0 Å². The molecule has 4 aromatic rings. The molecule has 2 heterocycles. The minimum absolute atomic E-state index is 0.0343. The van der Waals surface area contributed by atoms with E-state index >= 15 is 0 Å². The van der Waals surface area contributed by atoms with E-state index in [0.717, 1.165) is 16.8 Å². The molecule has 0 atom stereocenters. The number of anilines is 3. The van der Waals surface area contributed by atoms with Crippen molar-refractivity contribution < 1.29 is 14.2 Å². The van der Waals surface area contributed by atoms with E-state index in [-0.39, 0.29) is 11.5 Å². The van der Waals surface area contributed by atoms with Gasteiger partial charge in [0, 0.05) is 34.8 Å². The molecule has 0 aliphatic rings. The van der Waals surface area contributed by atoms with Gasteiger partial charge in [-0.15, -0.1) is 0 Å². The quantitative estimate of drug-likeness (QED) is 0.323. The summed E-state index contributed by atoms with van der Waals surface area (Å²) in [5.41, 5.74) is 10.4.